The standard InChI is InChI=1S/C15H28N4/c1-6-9-13-18-14(16-8-3)10-15(19-13)17-12(7-2)11(4)5/h10-12H,6-9H2,1-5H3,(H2,16,17,18,19). The summed E-state index contributed by atoms with van der Waals surface area (Å²) in [7, 11) is 0. The van der Waals surface area contributed by atoms with Crippen molar-refractivity contribution < 1.29 is 0 Å². The Kier molecular flexibility index (Phi) is 6.60. The van der Waals surface area contributed by atoms with Crippen molar-refractivity contribution in [3.63, 3.8) is 0 Å². The number of rotatable bonds is 8. The molecule has 4 nitrogen and oxygen atoms in total. The van der Waals surface area contributed by atoms with Gasteiger partial charge in [0.2, 0.25) is 0 Å². The van der Waals surface area contributed by atoms with Gasteiger partial charge in [-0.2, -0.15) is 0 Å². The lowest BCUT2D eigenvalue weighted by Gasteiger charge is -2.22. The summed E-state index contributed by atoms with van der Waals surface area (Å²) < 4.78 is 0. The molecule has 0 aliphatic heterocycles. The Labute approximate surface area is 117 Å². The second kappa shape index (κ2) is 7.97. The maximum atomic E-state index is 4.61. The fourth-order valence-electron chi connectivity index (χ4n) is 2.11. The number of nitrogens with one attached hydrogen (secondary N) is 2. The van der Waals surface area contributed by atoms with E-state index in [4.69, 9.17) is 0 Å². The van der Waals surface area contributed by atoms with Crippen molar-refractivity contribution >= 4 is 11.6 Å². The van der Waals surface area contributed by atoms with Gasteiger partial charge in [-0.3, -0.25) is 0 Å². The summed E-state index contributed by atoms with van der Waals surface area (Å²) in [6.45, 7) is 11.8. The fourth-order valence-corrected chi connectivity index (χ4v) is 2.11. The molecule has 19 heavy (non-hydrogen) atoms. The van der Waals surface area contributed by atoms with Crippen LogP contribution in [0.15, 0.2) is 6.07 Å². The van der Waals surface area contributed by atoms with Crippen molar-refractivity contribution in [2.24, 2.45) is 5.92 Å². The van der Waals surface area contributed by atoms with Crippen LogP contribution in [-0.2, 0) is 6.42 Å². The number of aryl methyl sites for hydroxylation is 1. The third kappa shape index (κ3) is 5.05. The van der Waals surface area contributed by atoms with Crippen LogP contribution in [0.1, 0.15) is 53.3 Å². The summed E-state index contributed by atoms with van der Waals surface area (Å²) in [6.07, 6.45) is 3.09. The zero-order valence-corrected chi connectivity index (χ0v) is 13.0. The molecule has 0 amide bonds. The molecule has 108 valence electrons. The monoisotopic (exact) mass is 264 g/mol. The summed E-state index contributed by atoms with van der Waals surface area (Å²) in [5.74, 6) is 3.37. The van der Waals surface area contributed by atoms with Gasteiger partial charge in [0.05, 0.1) is 0 Å². The zero-order chi connectivity index (χ0) is 14.3. The van der Waals surface area contributed by atoms with E-state index >= 15 is 0 Å². The quantitative estimate of drug-likeness (QED) is 0.751. The third-order valence-corrected chi connectivity index (χ3v) is 3.18. The SMILES string of the molecule is CCCc1nc(NCC)cc(NC(CC)C(C)C)n1. The first-order valence-electron chi connectivity index (χ1n) is 7.49. The minimum atomic E-state index is 0.457. The summed E-state index contributed by atoms with van der Waals surface area (Å²) >= 11 is 0. The van der Waals surface area contributed by atoms with E-state index in [1.54, 1.807) is 0 Å². The van der Waals surface area contributed by atoms with Gasteiger partial charge in [-0.25, -0.2) is 9.97 Å². The first kappa shape index (κ1) is 15.7. The molecule has 1 aromatic rings. The van der Waals surface area contributed by atoms with Gasteiger partial charge in [-0.1, -0.05) is 27.7 Å². The van der Waals surface area contributed by atoms with Crippen LogP contribution in [0.25, 0.3) is 0 Å². The van der Waals surface area contributed by atoms with E-state index in [-0.39, 0.29) is 0 Å². The molecule has 0 spiro atoms. The predicted molar refractivity (Wildman–Crippen MR) is 82.7 cm³/mol. The molecule has 0 fully saturated rings. The summed E-state index contributed by atoms with van der Waals surface area (Å²) in [4.78, 5) is 9.14. The van der Waals surface area contributed by atoms with E-state index in [1.165, 1.54) is 0 Å². The molecule has 0 aromatic carbocycles. The Balaban J connectivity index is 2.91. The minimum Gasteiger partial charge on any atom is -0.370 e. The largest absolute Gasteiger partial charge is 0.370 e. The maximum absolute atomic E-state index is 4.61. The normalized spacial score (nSPS) is 12.5. The van der Waals surface area contributed by atoms with Gasteiger partial charge in [0, 0.05) is 25.1 Å². The molecular formula is C15H28N4. The van der Waals surface area contributed by atoms with Crippen molar-refractivity contribution in [3.05, 3.63) is 11.9 Å². The lowest BCUT2D eigenvalue weighted by molar-refractivity contribution is 0.509. The van der Waals surface area contributed by atoms with Crippen LogP contribution < -0.4 is 10.6 Å². The van der Waals surface area contributed by atoms with Gasteiger partial charge >= 0.3 is 0 Å². The molecule has 2 N–H and O–H groups in total. The summed E-state index contributed by atoms with van der Waals surface area (Å²) in [6, 6.07) is 2.46. The molecule has 1 aromatic heterocycles. The van der Waals surface area contributed by atoms with E-state index < -0.39 is 0 Å². The number of hydrogen-bond acceptors (Lipinski definition) is 4. The number of nitrogens with zero attached hydrogens (tertiary/aromatic N) is 2. The average molecular weight is 264 g/mol. The average Bonchev–Trinajstić information content (AvgIpc) is 2.36. The molecule has 0 bridgehead atoms. The van der Waals surface area contributed by atoms with Gasteiger partial charge in [0.15, 0.2) is 0 Å². The van der Waals surface area contributed by atoms with Crippen LogP contribution in [0.2, 0.25) is 0 Å². The number of hydrogen-bond donors (Lipinski definition) is 2. The van der Waals surface area contributed by atoms with Crippen LogP contribution in [0.3, 0.4) is 0 Å². The van der Waals surface area contributed by atoms with E-state index in [0.29, 0.717) is 12.0 Å². The molecule has 1 atom stereocenters. The second-order valence-corrected chi connectivity index (χ2v) is 5.24. The highest BCUT2D eigenvalue weighted by atomic mass is 15.1. The van der Waals surface area contributed by atoms with Crippen molar-refractivity contribution in [3.8, 4) is 0 Å². The van der Waals surface area contributed by atoms with Gasteiger partial charge in [-0.15, -0.1) is 0 Å². The molecule has 0 aliphatic rings. The van der Waals surface area contributed by atoms with Crippen LogP contribution in [0, 0.1) is 5.92 Å². The van der Waals surface area contributed by atoms with Crippen molar-refractivity contribution in [1.82, 2.24) is 9.97 Å². The van der Waals surface area contributed by atoms with E-state index in [2.05, 4.69) is 55.2 Å². The zero-order valence-electron chi connectivity index (χ0n) is 13.0. The molecular weight excluding hydrogens is 236 g/mol. The Morgan fingerprint density at radius 1 is 1.11 bits per heavy atom. The smallest absolute Gasteiger partial charge is 0.133 e. The topological polar surface area (TPSA) is 49.8 Å². The fraction of sp³-hybridized carbons (Fsp3) is 0.733. The van der Waals surface area contributed by atoms with Crippen LogP contribution >= 0.6 is 0 Å². The first-order chi connectivity index (χ1) is 9.10. The molecule has 4 heteroatoms. The Morgan fingerprint density at radius 2 is 1.79 bits per heavy atom. The molecule has 1 rings (SSSR count). The van der Waals surface area contributed by atoms with Crippen molar-refractivity contribution in [1.29, 1.82) is 0 Å². The van der Waals surface area contributed by atoms with E-state index in [1.807, 2.05) is 6.07 Å². The Bertz CT molecular complexity index is 352. The van der Waals surface area contributed by atoms with Crippen LogP contribution in [-0.4, -0.2) is 22.6 Å². The lowest BCUT2D eigenvalue weighted by Crippen LogP contribution is -2.25. The minimum absolute atomic E-state index is 0.457. The molecule has 1 heterocycles. The van der Waals surface area contributed by atoms with Crippen LogP contribution in [0.5, 0.6) is 0 Å². The maximum Gasteiger partial charge on any atom is 0.133 e. The third-order valence-electron chi connectivity index (χ3n) is 3.18. The van der Waals surface area contributed by atoms with E-state index in [0.717, 1.165) is 43.3 Å². The van der Waals surface area contributed by atoms with Gasteiger partial charge < -0.3 is 10.6 Å². The number of aromatic nitrogens is 2. The summed E-state index contributed by atoms with van der Waals surface area (Å²) in [5.41, 5.74) is 0. The van der Waals surface area contributed by atoms with Gasteiger partial charge in [0.1, 0.15) is 17.5 Å². The molecule has 0 radical (unpaired) electrons. The van der Waals surface area contributed by atoms with E-state index in [9.17, 15) is 0 Å². The number of anilines is 2. The van der Waals surface area contributed by atoms with Crippen molar-refractivity contribution in [2.75, 3.05) is 17.2 Å². The highest BCUT2D eigenvalue weighted by Crippen LogP contribution is 2.17. The molecule has 1 unspecified atom stereocenters. The van der Waals surface area contributed by atoms with Crippen molar-refractivity contribution in [2.45, 2.75) is 59.9 Å². The van der Waals surface area contributed by atoms with Gasteiger partial charge in [-0.05, 0) is 25.7 Å². The molecule has 0 aliphatic carbocycles. The highest BCUT2D eigenvalue weighted by Gasteiger charge is 2.12. The summed E-state index contributed by atoms with van der Waals surface area (Å²) in [5, 5.41) is 6.81. The van der Waals surface area contributed by atoms with Gasteiger partial charge in [0.25, 0.3) is 0 Å². The Morgan fingerprint density at radius 3 is 2.32 bits per heavy atom. The Hall–Kier alpha value is -1.32. The molecule has 0 saturated heterocycles. The van der Waals surface area contributed by atoms with Crippen LogP contribution in [0.4, 0.5) is 11.6 Å². The predicted octanol–water partition coefficient (Wildman–Crippen LogP) is 3.71. The lowest BCUT2D eigenvalue weighted by atomic mass is 10.0. The second-order valence-electron chi connectivity index (χ2n) is 5.24. The highest BCUT2D eigenvalue weighted by molar-refractivity contribution is 5.48. The first-order valence-corrected chi connectivity index (χ1v) is 7.49. The molecule has 0 saturated carbocycles.